The summed E-state index contributed by atoms with van der Waals surface area (Å²) in [6.45, 7) is 3.59. The van der Waals surface area contributed by atoms with Crippen LogP contribution in [0.4, 0.5) is 0 Å². The molecular formula is C8H14O4. The highest BCUT2D eigenvalue weighted by molar-refractivity contribution is 5.97. The maximum atomic E-state index is 11.0. The van der Waals surface area contributed by atoms with Gasteiger partial charge in [0.25, 0.3) is 0 Å². The van der Waals surface area contributed by atoms with Crippen LogP contribution < -0.4 is 0 Å². The van der Waals surface area contributed by atoms with E-state index in [0.29, 0.717) is 6.61 Å². The lowest BCUT2D eigenvalue weighted by Crippen LogP contribution is -2.22. The van der Waals surface area contributed by atoms with Gasteiger partial charge in [-0.25, -0.2) is 0 Å². The Bertz CT molecular complexity index is 164. The molecule has 0 aliphatic rings. The lowest BCUT2D eigenvalue weighted by molar-refractivity contribution is -0.147. The van der Waals surface area contributed by atoms with Gasteiger partial charge in [-0.1, -0.05) is 0 Å². The van der Waals surface area contributed by atoms with Crippen LogP contribution in [-0.4, -0.2) is 31.6 Å². The highest BCUT2D eigenvalue weighted by Gasteiger charge is 2.16. The number of hydrogen-bond donors (Lipinski definition) is 0. The van der Waals surface area contributed by atoms with Crippen LogP contribution in [0.5, 0.6) is 0 Å². The van der Waals surface area contributed by atoms with Gasteiger partial charge in [0.15, 0.2) is 5.78 Å². The Kier molecular flexibility index (Phi) is 5.28. The fraction of sp³-hybridized carbons (Fsp3) is 0.750. The number of Topliss-reactive ketones (excluding diaryl/α,β-unsaturated/α-hetero) is 1. The molecule has 0 aliphatic carbocycles. The smallest absolute Gasteiger partial charge is 0.313 e. The van der Waals surface area contributed by atoms with E-state index < -0.39 is 12.1 Å². The predicted molar refractivity (Wildman–Crippen MR) is 42.7 cm³/mol. The molecule has 12 heavy (non-hydrogen) atoms. The Balaban J connectivity index is 3.76. The number of hydrogen-bond acceptors (Lipinski definition) is 4. The molecule has 0 radical (unpaired) electrons. The number of esters is 1. The van der Waals surface area contributed by atoms with Crippen LogP contribution in [0, 0.1) is 0 Å². The molecule has 0 fully saturated rings. The minimum atomic E-state index is -0.533. The average molecular weight is 174 g/mol. The van der Waals surface area contributed by atoms with Gasteiger partial charge in [-0.15, -0.1) is 0 Å². The van der Waals surface area contributed by atoms with Crippen LogP contribution in [0.15, 0.2) is 0 Å². The number of ketones is 1. The van der Waals surface area contributed by atoms with E-state index in [-0.39, 0.29) is 12.2 Å². The van der Waals surface area contributed by atoms with Gasteiger partial charge in [0.2, 0.25) is 0 Å². The minimum Gasteiger partial charge on any atom is -0.466 e. The summed E-state index contributed by atoms with van der Waals surface area (Å²) in [7, 11) is 1.42. The summed E-state index contributed by atoms with van der Waals surface area (Å²) in [5.74, 6) is -0.748. The fourth-order valence-corrected chi connectivity index (χ4v) is 0.629. The Morgan fingerprint density at radius 1 is 1.42 bits per heavy atom. The fourth-order valence-electron chi connectivity index (χ4n) is 0.629. The second-order valence-electron chi connectivity index (χ2n) is 2.33. The summed E-state index contributed by atoms with van der Waals surface area (Å²) in [5, 5.41) is 0. The number of carbonyl (C=O) groups is 2. The summed E-state index contributed by atoms with van der Waals surface area (Å²) in [6.07, 6.45) is -0.738. The third-order valence-corrected chi connectivity index (χ3v) is 1.43. The van der Waals surface area contributed by atoms with E-state index in [1.165, 1.54) is 7.11 Å². The van der Waals surface area contributed by atoms with E-state index in [1.54, 1.807) is 13.8 Å². The Hall–Kier alpha value is -0.900. The summed E-state index contributed by atoms with van der Waals surface area (Å²) >= 11 is 0. The van der Waals surface area contributed by atoms with Crippen LogP contribution >= 0.6 is 0 Å². The third-order valence-electron chi connectivity index (χ3n) is 1.43. The monoisotopic (exact) mass is 174 g/mol. The Morgan fingerprint density at radius 2 is 2.00 bits per heavy atom. The predicted octanol–water partition coefficient (Wildman–Crippen LogP) is 0.544. The molecule has 70 valence electrons. The van der Waals surface area contributed by atoms with Gasteiger partial charge >= 0.3 is 5.97 Å². The molecule has 0 bridgehead atoms. The van der Waals surface area contributed by atoms with E-state index in [9.17, 15) is 9.59 Å². The van der Waals surface area contributed by atoms with E-state index in [2.05, 4.69) is 4.74 Å². The normalized spacial score (nSPS) is 12.2. The number of ether oxygens (including phenoxy) is 2. The van der Waals surface area contributed by atoms with Crippen molar-refractivity contribution < 1.29 is 19.1 Å². The molecule has 0 N–H and O–H groups in total. The van der Waals surface area contributed by atoms with Crippen molar-refractivity contribution >= 4 is 11.8 Å². The topological polar surface area (TPSA) is 52.6 Å². The zero-order valence-corrected chi connectivity index (χ0v) is 7.62. The molecule has 0 aliphatic heterocycles. The summed E-state index contributed by atoms with van der Waals surface area (Å²) in [5.41, 5.74) is 0. The molecule has 0 spiro atoms. The summed E-state index contributed by atoms with van der Waals surface area (Å²) in [4.78, 5) is 21.8. The minimum absolute atomic E-state index is 0.206. The van der Waals surface area contributed by atoms with Crippen molar-refractivity contribution in [3.63, 3.8) is 0 Å². The van der Waals surface area contributed by atoms with Crippen LogP contribution in [0.3, 0.4) is 0 Å². The molecule has 0 amide bonds. The molecule has 0 unspecified atom stereocenters. The lowest BCUT2D eigenvalue weighted by Gasteiger charge is -2.06. The van der Waals surface area contributed by atoms with E-state index in [1.807, 2.05) is 0 Å². The lowest BCUT2D eigenvalue weighted by atomic mass is 10.2. The van der Waals surface area contributed by atoms with Gasteiger partial charge in [-0.05, 0) is 13.8 Å². The van der Waals surface area contributed by atoms with Crippen molar-refractivity contribution in [1.82, 2.24) is 0 Å². The first kappa shape index (κ1) is 11.1. The van der Waals surface area contributed by atoms with Gasteiger partial charge in [0, 0.05) is 7.11 Å². The number of methoxy groups -OCH3 is 1. The zero-order valence-electron chi connectivity index (χ0n) is 7.62. The molecule has 0 heterocycles. The first-order chi connectivity index (χ1) is 5.61. The Morgan fingerprint density at radius 3 is 2.42 bits per heavy atom. The molecule has 1 atom stereocenters. The molecule has 0 aromatic heterocycles. The maximum Gasteiger partial charge on any atom is 0.313 e. The van der Waals surface area contributed by atoms with Gasteiger partial charge in [-0.3, -0.25) is 9.59 Å². The van der Waals surface area contributed by atoms with Crippen molar-refractivity contribution in [2.24, 2.45) is 0 Å². The Labute approximate surface area is 71.8 Å². The second-order valence-corrected chi connectivity index (χ2v) is 2.33. The van der Waals surface area contributed by atoms with Crippen LogP contribution in [0.25, 0.3) is 0 Å². The van der Waals surface area contributed by atoms with Crippen LogP contribution in [-0.2, 0) is 19.1 Å². The molecule has 4 heteroatoms. The largest absolute Gasteiger partial charge is 0.466 e. The first-order valence-electron chi connectivity index (χ1n) is 3.83. The number of carbonyl (C=O) groups excluding carboxylic acids is 2. The van der Waals surface area contributed by atoms with E-state index in [4.69, 9.17) is 4.74 Å². The van der Waals surface area contributed by atoms with Crippen molar-refractivity contribution in [1.29, 1.82) is 0 Å². The van der Waals surface area contributed by atoms with Crippen molar-refractivity contribution in [2.45, 2.75) is 26.4 Å². The molecule has 0 saturated heterocycles. The standard InChI is InChI=1S/C8H14O4/c1-4-12-8(10)5-7(9)6(2)11-3/h6H,4-5H2,1-3H3/t6-/m1/s1. The van der Waals surface area contributed by atoms with Crippen molar-refractivity contribution in [2.75, 3.05) is 13.7 Å². The second kappa shape index (κ2) is 5.71. The maximum absolute atomic E-state index is 11.0. The van der Waals surface area contributed by atoms with Gasteiger partial charge < -0.3 is 9.47 Å². The quantitative estimate of drug-likeness (QED) is 0.451. The highest BCUT2D eigenvalue weighted by atomic mass is 16.5. The summed E-state index contributed by atoms with van der Waals surface area (Å²) < 4.78 is 9.33. The van der Waals surface area contributed by atoms with Gasteiger partial charge in [0.05, 0.1) is 6.61 Å². The summed E-state index contributed by atoms with van der Waals surface area (Å²) in [6, 6.07) is 0. The van der Waals surface area contributed by atoms with Crippen molar-refractivity contribution in [3.8, 4) is 0 Å². The highest BCUT2D eigenvalue weighted by Crippen LogP contribution is 1.96. The zero-order chi connectivity index (χ0) is 9.56. The molecule has 0 rings (SSSR count). The van der Waals surface area contributed by atoms with Crippen molar-refractivity contribution in [3.05, 3.63) is 0 Å². The molecular weight excluding hydrogens is 160 g/mol. The van der Waals surface area contributed by atoms with Gasteiger partial charge in [-0.2, -0.15) is 0 Å². The van der Waals surface area contributed by atoms with E-state index >= 15 is 0 Å². The molecule has 0 aromatic rings. The van der Waals surface area contributed by atoms with Crippen LogP contribution in [0.2, 0.25) is 0 Å². The van der Waals surface area contributed by atoms with Gasteiger partial charge in [0.1, 0.15) is 12.5 Å². The number of rotatable bonds is 5. The molecule has 0 aromatic carbocycles. The SMILES string of the molecule is CCOC(=O)CC(=O)[C@@H](C)OC. The average Bonchev–Trinajstić information content (AvgIpc) is 2.03. The first-order valence-corrected chi connectivity index (χ1v) is 3.83. The third kappa shape index (κ3) is 4.08. The van der Waals surface area contributed by atoms with E-state index in [0.717, 1.165) is 0 Å². The van der Waals surface area contributed by atoms with Crippen LogP contribution in [0.1, 0.15) is 20.3 Å². The molecule has 0 saturated carbocycles. The molecule has 4 nitrogen and oxygen atoms in total.